The van der Waals surface area contributed by atoms with Gasteiger partial charge >= 0.3 is 0 Å². The van der Waals surface area contributed by atoms with Gasteiger partial charge in [0.1, 0.15) is 17.0 Å². The smallest absolute Gasteiger partial charge is 0.234 e. The molecule has 4 heterocycles. The highest BCUT2D eigenvalue weighted by Crippen LogP contribution is 2.27. The molecule has 2 aliphatic heterocycles. The van der Waals surface area contributed by atoms with Crippen molar-refractivity contribution in [1.82, 2.24) is 20.2 Å². The summed E-state index contributed by atoms with van der Waals surface area (Å²) in [4.78, 5) is 26.4. The number of carbonyl (C=O) groups excluding carboxylic acids is 1. The minimum atomic E-state index is 0.0891. The topological polar surface area (TPSA) is 70.6 Å². The molecule has 8 heteroatoms. The van der Waals surface area contributed by atoms with E-state index in [1.807, 2.05) is 0 Å². The predicted octanol–water partition coefficient (Wildman–Crippen LogP) is 1.11. The van der Waals surface area contributed by atoms with E-state index in [1.165, 1.54) is 0 Å². The zero-order valence-electron chi connectivity index (χ0n) is 14.2. The maximum atomic E-state index is 12.1. The highest BCUT2D eigenvalue weighted by molar-refractivity contribution is 7.16. The van der Waals surface area contributed by atoms with Gasteiger partial charge in [-0.25, -0.2) is 9.97 Å². The summed E-state index contributed by atoms with van der Waals surface area (Å²) < 4.78 is 5.54. The van der Waals surface area contributed by atoms with Gasteiger partial charge in [0, 0.05) is 39.3 Å². The van der Waals surface area contributed by atoms with E-state index >= 15 is 0 Å². The quantitative estimate of drug-likeness (QED) is 0.860. The summed E-state index contributed by atoms with van der Waals surface area (Å²) in [5.41, 5.74) is 0. The number of carbonyl (C=O) groups is 1. The Morgan fingerprint density at radius 1 is 1.32 bits per heavy atom. The van der Waals surface area contributed by atoms with Gasteiger partial charge in [-0.05, 0) is 24.3 Å². The third-order valence-electron chi connectivity index (χ3n) is 4.83. The molecule has 1 atom stereocenters. The van der Waals surface area contributed by atoms with Crippen LogP contribution in [0.5, 0.6) is 0 Å². The Morgan fingerprint density at radius 3 is 3.00 bits per heavy atom. The van der Waals surface area contributed by atoms with Gasteiger partial charge in [-0.3, -0.25) is 9.69 Å². The monoisotopic (exact) mass is 361 g/mol. The van der Waals surface area contributed by atoms with Crippen LogP contribution in [0.1, 0.15) is 12.8 Å². The van der Waals surface area contributed by atoms with Gasteiger partial charge in [0.05, 0.1) is 18.0 Å². The molecule has 25 heavy (non-hydrogen) atoms. The molecular weight excluding hydrogens is 338 g/mol. The van der Waals surface area contributed by atoms with Gasteiger partial charge < -0.3 is 15.0 Å². The number of aromatic nitrogens is 2. The van der Waals surface area contributed by atoms with E-state index < -0.39 is 0 Å². The first-order valence-corrected chi connectivity index (χ1v) is 9.71. The Kier molecular flexibility index (Phi) is 5.09. The summed E-state index contributed by atoms with van der Waals surface area (Å²) in [5.74, 6) is 1.10. The molecule has 2 aromatic rings. The average molecular weight is 361 g/mol. The molecule has 0 saturated carbocycles. The van der Waals surface area contributed by atoms with Crippen molar-refractivity contribution >= 4 is 33.3 Å². The number of thiophene rings is 1. The zero-order chi connectivity index (χ0) is 17.1. The number of nitrogens with one attached hydrogen (secondary N) is 1. The lowest BCUT2D eigenvalue weighted by Gasteiger charge is -2.35. The molecule has 1 amide bonds. The zero-order valence-corrected chi connectivity index (χ0v) is 15.0. The second kappa shape index (κ2) is 7.63. The molecule has 0 aromatic carbocycles. The molecular formula is C17H23N5O2S. The minimum absolute atomic E-state index is 0.0891. The predicted molar refractivity (Wildman–Crippen MR) is 98.1 cm³/mol. The van der Waals surface area contributed by atoms with Crippen LogP contribution >= 0.6 is 11.3 Å². The summed E-state index contributed by atoms with van der Waals surface area (Å²) in [6.45, 7) is 5.39. The van der Waals surface area contributed by atoms with Crippen LogP contribution < -0.4 is 10.2 Å². The lowest BCUT2D eigenvalue weighted by Crippen LogP contribution is -2.50. The molecule has 7 nitrogen and oxygen atoms in total. The first-order chi connectivity index (χ1) is 12.3. The number of fused-ring (bicyclic) bond motifs is 1. The molecule has 4 rings (SSSR count). The lowest BCUT2D eigenvalue weighted by molar-refractivity contribution is -0.122. The van der Waals surface area contributed by atoms with Crippen LogP contribution in [0.25, 0.3) is 10.2 Å². The summed E-state index contributed by atoms with van der Waals surface area (Å²) in [7, 11) is 0. The molecule has 134 valence electrons. The third kappa shape index (κ3) is 3.91. The van der Waals surface area contributed by atoms with Crippen molar-refractivity contribution in [1.29, 1.82) is 0 Å². The summed E-state index contributed by atoms with van der Waals surface area (Å²) in [6.07, 6.45) is 3.99. The van der Waals surface area contributed by atoms with Crippen molar-refractivity contribution in [2.75, 3.05) is 50.8 Å². The van der Waals surface area contributed by atoms with E-state index in [-0.39, 0.29) is 12.0 Å². The summed E-state index contributed by atoms with van der Waals surface area (Å²) in [5, 5.41) is 6.17. The van der Waals surface area contributed by atoms with Crippen molar-refractivity contribution in [3.05, 3.63) is 17.8 Å². The van der Waals surface area contributed by atoms with Crippen LogP contribution in [-0.2, 0) is 9.53 Å². The van der Waals surface area contributed by atoms with Crippen LogP contribution in [0.2, 0.25) is 0 Å². The van der Waals surface area contributed by atoms with Crippen molar-refractivity contribution in [3.63, 3.8) is 0 Å². The van der Waals surface area contributed by atoms with E-state index in [9.17, 15) is 4.79 Å². The standard InChI is InChI=1S/C17H23N5O2S/c23-15(18-10-13-2-1-8-24-13)11-21-4-6-22(7-5-21)16-14-3-9-25-17(14)20-12-19-16/h3,9,12-13H,1-2,4-8,10-11H2,(H,18,23). The molecule has 0 spiro atoms. The molecule has 2 fully saturated rings. The fourth-order valence-corrected chi connectivity index (χ4v) is 4.17. The lowest BCUT2D eigenvalue weighted by atomic mass is 10.2. The van der Waals surface area contributed by atoms with Crippen LogP contribution in [-0.4, -0.2) is 72.8 Å². The van der Waals surface area contributed by atoms with Gasteiger partial charge in [-0.1, -0.05) is 0 Å². The van der Waals surface area contributed by atoms with Crippen molar-refractivity contribution < 1.29 is 9.53 Å². The van der Waals surface area contributed by atoms with Crippen molar-refractivity contribution in [3.8, 4) is 0 Å². The molecule has 0 aliphatic carbocycles. The van der Waals surface area contributed by atoms with E-state index in [1.54, 1.807) is 17.7 Å². The maximum absolute atomic E-state index is 12.1. The molecule has 1 N–H and O–H groups in total. The van der Waals surface area contributed by atoms with E-state index in [0.717, 1.165) is 61.7 Å². The number of ether oxygens (including phenoxy) is 1. The number of anilines is 1. The Morgan fingerprint density at radius 2 is 2.20 bits per heavy atom. The van der Waals surface area contributed by atoms with Gasteiger partial charge in [0.15, 0.2) is 0 Å². The summed E-state index contributed by atoms with van der Waals surface area (Å²) in [6, 6.07) is 2.08. The highest BCUT2D eigenvalue weighted by atomic mass is 32.1. The second-order valence-corrected chi connectivity index (χ2v) is 7.43. The van der Waals surface area contributed by atoms with Crippen LogP contribution in [0.15, 0.2) is 17.8 Å². The van der Waals surface area contributed by atoms with Gasteiger partial charge in [0.25, 0.3) is 0 Å². The number of hydrogen-bond acceptors (Lipinski definition) is 7. The fraction of sp³-hybridized carbons (Fsp3) is 0.588. The fourth-order valence-electron chi connectivity index (χ4n) is 3.44. The van der Waals surface area contributed by atoms with E-state index in [4.69, 9.17) is 4.74 Å². The van der Waals surface area contributed by atoms with E-state index in [0.29, 0.717) is 13.1 Å². The Labute approximate surface area is 151 Å². The number of amides is 1. The van der Waals surface area contributed by atoms with Crippen molar-refractivity contribution in [2.24, 2.45) is 0 Å². The van der Waals surface area contributed by atoms with Gasteiger partial charge in [-0.15, -0.1) is 11.3 Å². The molecule has 0 radical (unpaired) electrons. The van der Waals surface area contributed by atoms with E-state index in [2.05, 4.69) is 36.5 Å². The van der Waals surface area contributed by atoms with Crippen LogP contribution in [0.4, 0.5) is 5.82 Å². The maximum Gasteiger partial charge on any atom is 0.234 e. The molecule has 1 unspecified atom stereocenters. The number of hydrogen-bond donors (Lipinski definition) is 1. The highest BCUT2D eigenvalue weighted by Gasteiger charge is 2.22. The first kappa shape index (κ1) is 16.7. The Bertz CT molecular complexity index is 723. The van der Waals surface area contributed by atoms with Crippen molar-refractivity contribution in [2.45, 2.75) is 18.9 Å². The van der Waals surface area contributed by atoms with Gasteiger partial charge in [-0.2, -0.15) is 0 Å². The Hall–Kier alpha value is -1.77. The summed E-state index contributed by atoms with van der Waals surface area (Å²) >= 11 is 1.64. The molecule has 2 aliphatic rings. The van der Waals surface area contributed by atoms with Crippen LogP contribution in [0, 0.1) is 0 Å². The number of nitrogens with zero attached hydrogens (tertiary/aromatic N) is 4. The molecule has 0 bridgehead atoms. The molecule has 2 saturated heterocycles. The number of piperazine rings is 1. The molecule has 2 aromatic heterocycles. The SMILES string of the molecule is O=C(CN1CCN(c2ncnc3sccc23)CC1)NCC1CCCO1. The number of rotatable bonds is 5. The minimum Gasteiger partial charge on any atom is -0.376 e. The first-order valence-electron chi connectivity index (χ1n) is 8.83. The third-order valence-corrected chi connectivity index (χ3v) is 5.65. The second-order valence-electron chi connectivity index (χ2n) is 6.54. The average Bonchev–Trinajstić information content (AvgIpc) is 3.32. The van der Waals surface area contributed by atoms with Crippen LogP contribution in [0.3, 0.4) is 0 Å². The normalized spacial score (nSPS) is 21.8. The largest absolute Gasteiger partial charge is 0.376 e. The van der Waals surface area contributed by atoms with Gasteiger partial charge in [0.2, 0.25) is 5.91 Å². The Balaban J connectivity index is 1.26.